The molecule has 15 heavy (non-hydrogen) atoms. The van der Waals surface area contributed by atoms with E-state index in [0.29, 0.717) is 0 Å². The molecule has 1 rings (SSSR count). The molecule has 1 aliphatic rings. The summed E-state index contributed by atoms with van der Waals surface area (Å²) in [5.74, 6) is 0.0242. The van der Waals surface area contributed by atoms with Crippen molar-refractivity contribution in [2.45, 2.75) is 31.2 Å². The van der Waals surface area contributed by atoms with Crippen molar-refractivity contribution >= 4 is 5.97 Å². The zero-order chi connectivity index (χ0) is 11.5. The molecular weight excluding hydrogens is 192 g/mol. The molecule has 1 saturated carbocycles. The van der Waals surface area contributed by atoms with Crippen molar-refractivity contribution in [1.29, 1.82) is 0 Å². The summed E-state index contributed by atoms with van der Waals surface area (Å²) in [6, 6.07) is 0. The molecular formula is C11H22N2O2. The zero-order valence-electron chi connectivity index (χ0n) is 9.95. The van der Waals surface area contributed by atoms with Gasteiger partial charge in [0, 0.05) is 0 Å². The van der Waals surface area contributed by atoms with Crippen molar-refractivity contribution < 1.29 is 9.53 Å². The van der Waals surface area contributed by atoms with Gasteiger partial charge in [0.1, 0.15) is 5.54 Å². The van der Waals surface area contributed by atoms with Crippen LogP contribution in [0.3, 0.4) is 0 Å². The second-order valence-corrected chi connectivity index (χ2v) is 4.71. The molecule has 1 aliphatic carbocycles. The van der Waals surface area contributed by atoms with Gasteiger partial charge in [0.05, 0.1) is 7.11 Å². The van der Waals surface area contributed by atoms with Crippen molar-refractivity contribution in [2.75, 3.05) is 27.7 Å². The van der Waals surface area contributed by atoms with Crippen LogP contribution in [0.15, 0.2) is 0 Å². The van der Waals surface area contributed by atoms with Gasteiger partial charge >= 0.3 is 5.97 Å². The van der Waals surface area contributed by atoms with Gasteiger partial charge < -0.3 is 15.4 Å². The number of esters is 1. The zero-order valence-corrected chi connectivity index (χ0v) is 9.95. The van der Waals surface area contributed by atoms with Crippen molar-refractivity contribution in [3.63, 3.8) is 0 Å². The molecule has 0 spiro atoms. The number of methoxy groups -OCH3 is 1. The Labute approximate surface area is 91.8 Å². The lowest BCUT2D eigenvalue weighted by molar-refractivity contribution is -0.148. The van der Waals surface area contributed by atoms with Gasteiger partial charge in [-0.2, -0.15) is 0 Å². The van der Waals surface area contributed by atoms with E-state index in [1.807, 2.05) is 14.1 Å². The topological polar surface area (TPSA) is 55.6 Å². The average molecular weight is 214 g/mol. The number of rotatable bonds is 4. The summed E-state index contributed by atoms with van der Waals surface area (Å²) in [5.41, 5.74) is 5.42. The van der Waals surface area contributed by atoms with Crippen molar-refractivity contribution in [3.8, 4) is 0 Å². The highest BCUT2D eigenvalue weighted by molar-refractivity contribution is 5.81. The highest BCUT2D eigenvalue weighted by Crippen LogP contribution is 2.36. The number of hydrogen-bond acceptors (Lipinski definition) is 4. The van der Waals surface area contributed by atoms with Gasteiger partial charge in [0.15, 0.2) is 0 Å². The molecule has 2 atom stereocenters. The molecule has 0 amide bonds. The van der Waals surface area contributed by atoms with Gasteiger partial charge in [-0.05, 0) is 45.8 Å². The lowest BCUT2D eigenvalue weighted by Gasteiger charge is -2.29. The molecule has 0 aromatic rings. The smallest absolute Gasteiger partial charge is 0.326 e. The standard InChI is InChI=1S/C11H22N2O2/c1-13(2)8-6-9-5-4-7-11(9,12)10(14)15-3/h9H,4-8,12H2,1-3H3. The molecule has 0 heterocycles. The van der Waals surface area contributed by atoms with Gasteiger partial charge in [0.25, 0.3) is 0 Å². The van der Waals surface area contributed by atoms with Crippen molar-refractivity contribution in [2.24, 2.45) is 11.7 Å². The van der Waals surface area contributed by atoms with Crippen LogP contribution in [0.1, 0.15) is 25.7 Å². The largest absolute Gasteiger partial charge is 0.468 e. The van der Waals surface area contributed by atoms with E-state index in [-0.39, 0.29) is 11.9 Å². The van der Waals surface area contributed by atoms with Gasteiger partial charge in [-0.25, -0.2) is 0 Å². The molecule has 2 unspecified atom stereocenters. The summed E-state index contributed by atoms with van der Waals surface area (Å²) < 4.78 is 4.80. The molecule has 1 fully saturated rings. The molecule has 0 bridgehead atoms. The highest BCUT2D eigenvalue weighted by Gasteiger charge is 2.46. The molecule has 88 valence electrons. The second-order valence-electron chi connectivity index (χ2n) is 4.71. The van der Waals surface area contributed by atoms with Crippen molar-refractivity contribution in [1.82, 2.24) is 4.90 Å². The Hall–Kier alpha value is -0.610. The maximum Gasteiger partial charge on any atom is 0.326 e. The van der Waals surface area contributed by atoms with E-state index in [1.54, 1.807) is 0 Å². The first kappa shape index (κ1) is 12.5. The van der Waals surface area contributed by atoms with Crippen LogP contribution in [0.4, 0.5) is 0 Å². The SMILES string of the molecule is COC(=O)C1(N)CCCC1CCN(C)C. The van der Waals surface area contributed by atoms with E-state index in [2.05, 4.69) is 4.90 Å². The molecule has 0 aromatic heterocycles. The molecule has 0 aromatic carbocycles. The summed E-state index contributed by atoms with van der Waals surface area (Å²) in [5, 5.41) is 0. The van der Waals surface area contributed by atoms with Gasteiger partial charge in [-0.1, -0.05) is 6.42 Å². The number of nitrogens with zero attached hydrogens (tertiary/aromatic N) is 1. The van der Waals surface area contributed by atoms with Gasteiger partial charge in [-0.3, -0.25) is 4.79 Å². The Morgan fingerprint density at radius 3 is 2.80 bits per heavy atom. The van der Waals surface area contributed by atoms with Crippen LogP contribution in [-0.2, 0) is 9.53 Å². The molecule has 0 saturated heterocycles. The predicted molar refractivity (Wildman–Crippen MR) is 59.4 cm³/mol. The van der Waals surface area contributed by atoms with E-state index < -0.39 is 5.54 Å². The van der Waals surface area contributed by atoms with Gasteiger partial charge in [0.2, 0.25) is 0 Å². The Morgan fingerprint density at radius 2 is 2.27 bits per heavy atom. The summed E-state index contributed by atoms with van der Waals surface area (Å²) in [7, 11) is 5.48. The first-order valence-electron chi connectivity index (χ1n) is 5.52. The summed E-state index contributed by atoms with van der Waals surface area (Å²) in [4.78, 5) is 13.8. The number of carbonyl (C=O) groups is 1. The predicted octanol–water partition coefficient (Wildman–Crippen LogP) is 0.609. The second kappa shape index (κ2) is 4.94. The number of hydrogen-bond donors (Lipinski definition) is 1. The van der Waals surface area contributed by atoms with Crippen LogP contribution in [0.2, 0.25) is 0 Å². The lowest BCUT2D eigenvalue weighted by atomic mass is 9.85. The lowest BCUT2D eigenvalue weighted by Crippen LogP contribution is -2.52. The van der Waals surface area contributed by atoms with Crippen LogP contribution in [0.5, 0.6) is 0 Å². The third kappa shape index (κ3) is 2.69. The summed E-state index contributed by atoms with van der Waals surface area (Å²) >= 11 is 0. The highest BCUT2D eigenvalue weighted by atomic mass is 16.5. The Bertz CT molecular complexity index is 231. The van der Waals surface area contributed by atoms with Crippen molar-refractivity contribution in [3.05, 3.63) is 0 Å². The normalized spacial score (nSPS) is 30.9. The molecule has 2 N–H and O–H groups in total. The fourth-order valence-electron chi connectivity index (χ4n) is 2.38. The Kier molecular flexibility index (Phi) is 4.11. The van der Waals surface area contributed by atoms with Crippen LogP contribution < -0.4 is 5.73 Å². The summed E-state index contributed by atoms with van der Waals surface area (Å²) in [6.07, 6.45) is 3.81. The molecule has 4 heteroatoms. The quantitative estimate of drug-likeness (QED) is 0.697. The molecule has 0 aliphatic heterocycles. The first-order chi connectivity index (χ1) is 7.00. The average Bonchev–Trinajstić information content (AvgIpc) is 2.57. The minimum absolute atomic E-state index is 0.247. The minimum atomic E-state index is -0.731. The monoisotopic (exact) mass is 214 g/mol. The van der Waals surface area contributed by atoms with E-state index >= 15 is 0 Å². The fourth-order valence-corrected chi connectivity index (χ4v) is 2.38. The van der Waals surface area contributed by atoms with Crippen LogP contribution >= 0.6 is 0 Å². The molecule has 0 radical (unpaired) electrons. The minimum Gasteiger partial charge on any atom is -0.468 e. The fraction of sp³-hybridized carbons (Fsp3) is 0.909. The third-order valence-electron chi connectivity index (χ3n) is 3.36. The van der Waals surface area contributed by atoms with E-state index in [9.17, 15) is 4.79 Å². The van der Waals surface area contributed by atoms with Gasteiger partial charge in [-0.15, -0.1) is 0 Å². The van der Waals surface area contributed by atoms with Crippen LogP contribution in [0, 0.1) is 5.92 Å². The number of nitrogens with two attached hydrogens (primary N) is 1. The maximum atomic E-state index is 11.6. The summed E-state index contributed by atoms with van der Waals surface area (Å²) in [6.45, 7) is 0.973. The number of carbonyl (C=O) groups excluding carboxylic acids is 1. The molecule has 4 nitrogen and oxygen atoms in total. The maximum absolute atomic E-state index is 11.6. The Balaban J connectivity index is 2.59. The first-order valence-corrected chi connectivity index (χ1v) is 5.52. The van der Waals surface area contributed by atoms with E-state index in [0.717, 1.165) is 32.2 Å². The third-order valence-corrected chi connectivity index (χ3v) is 3.36. The van der Waals surface area contributed by atoms with Crippen LogP contribution in [0.25, 0.3) is 0 Å². The van der Waals surface area contributed by atoms with E-state index in [1.165, 1.54) is 7.11 Å². The Morgan fingerprint density at radius 1 is 1.60 bits per heavy atom. The van der Waals surface area contributed by atoms with E-state index in [4.69, 9.17) is 10.5 Å². The van der Waals surface area contributed by atoms with Crippen LogP contribution in [-0.4, -0.2) is 44.2 Å². The number of ether oxygens (including phenoxy) is 1.